The summed E-state index contributed by atoms with van der Waals surface area (Å²) in [5, 5.41) is 4.31. The minimum absolute atomic E-state index is 0.419. The number of nitrogens with one attached hydrogen (secondary N) is 1. The molecule has 0 spiro atoms. The van der Waals surface area contributed by atoms with Gasteiger partial charge in [-0.3, -0.25) is 0 Å². The van der Waals surface area contributed by atoms with Gasteiger partial charge in [0.1, 0.15) is 0 Å². The van der Waals surface area contributed by atoms with Crippen LogP contribution < -0.4 is 10.2 Å². The number of benzene rings is 1. The first-order valence-electron chi connectivity index (χ1n) is 7.98. The van der Waals surface area contributed by atoms with Crippen LogP contribution in [-0.2, 0) is 11.3 Å². The molecule has 0 aliphatic carbocycles. The first-order valence-corrected chi connectivity index (χ1v) is 8.36. The van der Waals surface area contributed by atoms with Gasteiger partial charge in [-0.2, -0.15) is 0 Å². The summed E-state index contributed by atoms with van der Waals surface area (Å²) < 4.78 is 5.73. The highest BCUT2D eigenvalue weighted by Crippen LogP contribution is 2.28. The molecule has 2 rings (SSSR count). The van der Waals surface area contributed by atoms with Crippen LogP contribution in [0, 0.1) is 0 Å². The standard InChI is InChI=1S/C17H27ClN2O/c1-4-21-16-7-9-20(10-8-16)17-11-15(18)6-5-14(17)12-19-13(2)3/h5-6,11,13,16,19H,4,7-10,12H2,1-3H3. The van der Waals surface area contributed by atoms with Crippen LogP contribution in [0.3, 0.4) is 0 Å². The third-order valence-corrected chi connectivity index (χ3v) is 4.17. The number of halogens is 1. The fourth-order valence-corrected chi connectivity index (χ4v) is 2.96. The second-order valence-electron chi connectivity index (χ2n) is 5.95. The number of ether oxygens (including phenoxy) is 1. The lowest BCUT2D eigenvalue weighted by atomic mass is 10.0. The lowest BCUT2D eigenvalue weighted by Crippen LogP contribution is -2.38. The average Bonchev–Trinajstić information content (AvgIpc) is 2.47. The Labute approximate surface area is 133 Å². The van der Waals surface area contributed by atoms with Crippen LogP contribution in [0.4, 0.5) is 5.69 Å². The fraction of sp³-hybridized carbons (Fsp3) is 0.647. The van der Waals surface area contributed by atoms with E-state index in [4.69, 9.17) is 16.3 Å². The van der Waals surface area contributed by atoms with Crippen LogP contribution in [0.1, 0.15) is 39.2 Å². The highest BCUT2D eigenvalue weighted by atomic mass is 35.5. The monoisotopic (exact) mass is 310 g/mol. The minimum Gasteiger partial charge on any atom is -0.378 e. The molecule has 0 unspecified atom stereocenters. The molecule has 1 saturated heterocycles. The molecule has 0 atom stereocenters. The molecule has 1 N–H and O–H groups in total. The number of piperidine rings is 1. The Bertz CT molecular complexity index is 442. The van der Waals surface area contributed by atoms with Crippen molar-refractivity contribution in [1.82, 2.24) is 5.32 Å². The molecule has 1 aromatic carbocycles. The van der Waals surface area contributed by atoms with Crippen LogP contribution in [0.5, 0.6) is 0 Å². The van der Waals surface area contributed by atoms with Gasteiger partial charge in [-0.25, -0.2) is 0 Å². The second-order valence-corrected chi connectivity index (χ2v) is 6.39. The molecule has 1 heterocycles. The van der Waals surface area contributed by atoms with Gasteiger partial charge in [0.05, 0.1) is 6.10 Å². The fourth-order valence-electron chi connectivity index (χ4n) is 2.79. The van der Waals surface area contributed by atoms with Crippen molar-refractivity contribution in [3.63, 3.8) is 0 Å². The number of hydrogen-bond donors (Lipinski definition) is 1. The van der Waals surface area contributed by atoms with Gasteiger partial charge in [0.2, 0.25) is 0 Å². The molecule has 118 valence electrons. The first kappa shape index (κ1) is 16.6. The molecule has 0 radical (unpaired) electrons. The van der Waals surface area contributed by atoms with Gasteiger partial charge in [0.25, 0.3) is 0 Å². The molecule has 0 saturated carbocycles. The lowest BCUT2D eigenvalue weighted by Gasteiger charge is -2.34. The van der Waals surface area contributed by atoms with Crippen LogP contribution in [-0.4, -0.2) is 31.8 Å². The normalized spacial score (nSPS) is 16.7. The smallest absolute Gasteiger partial charge is 0.0608 e. The molecular formula is C17H27ClN2O. The van der Waals surface area contributed by atoms with Crippen LogP contribution >= 0.6 is 11.6 Å². The van der Waals surface area contributed by atoms with E-state index in [1.807, 2.05) is 6.07 Å². The molecule has 1 aliphatic rings. The van der Waals surface area contributed by atoms with Crippen molar-refractivity contribution in [1.29, 1.82) is 0 Å². The van der Waals surface area contributed by atoms with Crippen molar-refractivity contribution in [2.45, 2.75) is 52.3 Å². The van der Waals surface area contributed by atoms with Crippen molar-refractivity contribution >= 4 is 17.3 Å². The zero-order valence-corrected chi connectivity index (χ0v) is 14.1. The number of anilines is 1. The van der Waals surface area contributed by atoms with Gasteiger partial charge < -0.3 is 15.0 Å². The van der Waals surface area contributed by atoms with Crippen LogP contribution in [0.2, 0.25) is 5.02 Å². The maximum atomic E-state index is 6.21. The summed E-state index contributed by atoms with van der Waals surface area (Å²) in [5.41, 5.74) is 2.59. The Balaban J connectivity index is 2.06. The predicted molar refractivity (Wildman–Crippen MR) is 90.3 cm³/mol. The Kier molecular flexibility index (Phi) is 6.34. The van der Waals surface area contributed by atoms with Gasteiger partial charge in [0.15, 0.2) is 0 Å². The van der Waals surface area contributed by atoms with E-state index in [1.54, 1.807) is 0 Å². The Morgan fingerprint density at radius 2 is 2.05 bits per heavy atom. The van der Waals surface area contributed by atoms with E-state index in [0.717, 1.165) is 44.1 Å². The Hall–Kier alpha value is -0.770. The van der Waals surface area contributed by atoms with E-state index >= 15 is 0 Å². The maximum Gasteiger partial charge on any atom is 0.0608 e. The molecule has 3 nitrogen and oxygen atoms in total. The average molecular weight is 311 g/mol. The molecule has 1 aromatic rings. The third-order valence-electron chi connectivity index (χ3n) is 3.93. The maximum absolute atomic E-state index is 6.21. The SMILES string of the molecule is CCOC1CCN(c2cc(Cl)ccc2CNC(C)C)CC1. The highest BCUT2D eigenvalue weighted by Gasteiger charge is 2.21. The first-order chi connectivity index (χ1) is 10.1. The number of nitrogens with zero attached hydrogens (tertiary/aromatic N) is 1. The van der Waals surface area contributed by atoms with E-state index in [9.17, 15) is 0 Å². The quantitative estimate of drug-likeness (QED) is 0.864. The van der Waals surface area contributed by atoms with Crippen molar-refractivity contribution in [2.24, 2.45) is 0 Å². The van der Waals surface area contributed by atoms with Gasteiger partial charge >= 0.3 is 0 Å². The summed E-state index contributed by atoms with van der Waals surface area (Å²) in [6.07, 6.45) is 2.61. The largest absolute Gasteiger partial charge is 0.378 e. The van der Waals surface area contributed by atoms with Gasteiger partial charge in [-0.1, -0.05) is 31.5 Å². The van der Waals surface area contributed by atoms with E-state index in [2.05, 4.69) is 43.1 Å². The van der Waals surface area contributed by atoms with E-state index in [0.29, 0.717) is 12.1 Å². The third kappa shape index (κ3) is 4.87. The molecule has 1 aliphatic heterocycles. The van der Waals surface area contributed by atoms with E-state index in [1.165, 1.54) is 11.3 Å². The molecule has 0 bridgehead atoms. The zero-order valence-electron chi connectivity index (χ0n) is 13.4. The Morgan fingerprint density at radius 3 is 2.67 bits per heavy atom. The second kappa shape index (κ2) is 8.02. The predicted octanol–water partition coefficient (Wildman–Crippen LogP) is 3.84. The van der Waals surface area contributed by atoms with Crippen molar-refractivity contribution in [3.05, 3.63) is 28.8 Å². The summed E-state index contributed by atoms with van der Waals surface area (Å²) >= 11 is 6.21. The van der Waals surface area contributed by atoms with Gasteiger partial charge in [-0.15, -0.1) is 0 Å². The molecule has 1 fully saturated rings. The molecular weight excluding hydrogens is 284 g/mol. The summed E-state index contributed by atoms with van der Waals surface area (Å²) in [7, 11) is 0. The topological polar surface area (TPSA) is 24.5 Å². The molecule has 21 heavy (non-hydrogen) atoms. The summed E-state index contributed by atoms with van der Waals surface area (Å²) in [4.78, 5) is 2.44. The number of hydrogen-bond acceptors (Lipinski definition) is 3. The number of rotatable bonds is 6. The van der Waals surface area contributed by atoms with Crippen LogP contribution in [0.25, 0.3) is 0 Å². The van der Waals surface area contributed by atoms with Crippen molar-refractivity contribution < 1.29 is 4.74 Å². The molecule has 0 aromatic heterocycles. The zero-order chi connectivity index (χ0) is 15.2. The summed E-state index contributed by atoms with van der Waals surface area (Å²) in [6, 6.07) is 6.70. The van der Waals surface area contributed by atoms with Gasteiger partial charge in [-0.05, 0) is 37.5 Å². The minimum atomic E-state index is 0.419. The van der Waals surface area contributed by atoms with E-state index < -0.39 is 0 Å². The van der Waals surface area contributed by atoms with Crippen LogP contribution in [0.15, 0.2) is 18.2 Å². The molecule has 4 heteroatoms. The van der Waals surface area contributed by atoms with Gasteiger partial charge in [0, 0.05) is 43.0 Å². The lowest BCUT2D eigenvalue weighted by molar-refractivity contribution is 0.0459. The van der Waals surface area contributed by atoms with Crippen molar-refractivity contribution in [2.75, 3.05) is 24.6 Å². The Morgan fingerprint density at radius 1 is 1.33 bits per heavy atom. The van der Waals surface area contributed by atoms with E-state index in [-0.39, 0.29) is 0 Å². The molecule has 0 amide bonds. The van der Waals surface area contributed by atoms with Crippen molar-refractivity contribution in [3.8, 4) is 0 Å². The summed E-state index contributed by atoms with van der Waals surface area (Å²) in [6.45, 7) is 10.2. The highest BCUT2D eigenvalue weighted by molar-refractivity contribution is 6.30. The summed E-state index contributed by atoms with van der Waals surface area (Å²) in [5.74, 6) is 0.